The van der Waals surface area contributed by atoms with Gasteiger partial charge >= 0.3 is 0 Å². The number of hydrogen-bond acceptors (Lipinski definition) is 6. The molecule has 0 bridgehead atoms. The quantitative estimate of drug-likeness (QED) is 0.131. The minimum atomic E-state index is -1.53. The molecule has 2 heterocycles. The lowest BCUT2D eigenvalue weighted by Crippen LogP contribution is -2.53. The van der Waals surface area contributed by atoms with Gasteiger partial charge in [-0.1, -0.05) is 108 Å². The van der Waals surface area contributed by atoms with Crippen molar-refractivity contribution < 1.29 is 29.0 Å². The molecule has 2 saturated heterocycles. The number of fused-ring (bicyclic) bond motifs is 4. The molecule has 6 atom stereocenters. The van der Waals surface area contributed by atoms with E-state index in [0.29, 0.717) is 38.3 Å². The number of ether oxygens (including phenoxy) is 1. The average Bonchev–Trinajstić information content (AvgIpc) is 3.59. The van der Waals surface area contributed by atoms with Gasteiger partial charge in [-0.25, -0.2) is 4.90 Å². The summed E-state index contributed by atoms with van der Waals surface area (Å²) in [5.74, 6) is -5.18. The number of carbonyl (C=O) groups excluding carboxylic acids is 4. The number of phenolic OH excluding ortho intramolecular Hbond substituents is 1. The van der Waals surface area contributed by atoms with Gasteiger partial charge in [-0.3, -0.25) is 24.1 Å². The summed E-state index contributed by atoms with van der Waals surface area (Å²) in [6.07, 6.45) is 2.34. The molecule has 0 radical (unpaired) electrons. The van der Waals surface area contributed by atoms with E-state index in [2.05, 4.69) is 0 Å². The van der Waals surface area contributed by atoms with E-state index < -0.39 is 46.8 Å². The van der Waals surface area contributed by atoms with Gasteiger partial charge in [-0.05, 0) is 78.4 Å². The summed E-state index contributed by atoms with van der Waals surface area (Å²) in [6.45, 7) is 0.275. The summed E-state index contributed by atoms with van der Waals surface area (Å²) in [7, 11) is 0. The molecule has 0 unspecified atom stereocenters. The lowest BCUT2D eigenvalue weighted by atomic mass is 9.49. The summed E-state index contributed by atoms with van der Waals surface area (Å²) in [6, 6.07) is 37.1. The van der Waals surface area contributed by atoms with Crippen molar-refractivity contribution >= 4 is 58.2 Å². The molecule has 10 heteroatoms. The highest BCUT2D eigenvalue weighted by Crippen LogP contribution is 2.65. The lowest BCUT2D eigenvalue weighted by molar-refractivity contribution is -0.127. The first-order valence-electron chi connectivity index (χ1n) is 18.2. The van der Waals surface area contributed by atoms with Gasteiger partial charge in [0.25, 0.3) is 0 Å². The molecule has 274 valence electrons. The van der Waals surface area contributed by atoms with E-state index in [1.165, 1.54) is 15.9 Å². The van der Waals surface area contributed by atoms with Crippen LogP contribution in [0.3, 0.4) is 0 Å². The van der Waals surface area contributed by atoms with Crippen LogP contribution in [-0.4, -0.2) is 28.7 Å². The van der Waals surface area contributed by atoms with Gasteiger partial charge in [-0.2, -0.15) is 0 Å². The zero-order valence-electron chi connectivity index (χ0n) is 29.3. The third-order valence-electron chi connectivity index (χ3n) is 11.8. The molecule has 9 rings (SSSR count). The molecule has 5 aromatic carbocycles. The first-order valence-corrected chi connectivity index (χ1v) is 19.0. The molecule has 0 spiro atoms. The van der Waals surface area contributed by atoms with Gasteiger partial charge in [-0.15, -0.1) is 0 Å². The maximum atomic E-state index is 15.5. The fraction of sp³-hybridized carbons (Fsp3) is 0.200. The Hall–Kier alpha value is -5.70. The number of allylic oxidation sites excluding steroid dienone is 2. The van der Waals surface area contributed by atoms with Crippen LogP contribution in [0.2, 0.25) is 10.0 Å². The number of anilines is 2. The van der Waals surface area contributed by atoms with Gasteiger partial charge < -0.3 is 9.84 Å². The van der Waals surface area contributed by atoms with E-state index in [0.717, 1.165) is 11.1 Å². The highest BCUT2D eigenvalue weighted by molar-refractivity contribution is 6.32. The Labute approximate surface area is 327 Å². The van der Waals surface area contributed by atoms with E-state index in [-0.39, 0.29) is 37.0 Å². The van der Waals surface area contributed by atoms with E-state index in [4.69, 9.17) is 27.9 Å². The normalized spacial score (nSPS) is 25.7. The number of halogens is 2. The van der Waals surface area contributed by atoms with E-state index >= 15 is 4.79 Å². The van der Waals surface area contributed by atoms with Crippen LogP contribution in [-0.2, 0) is 31.2 Å². The molecular weight excluding hydrogens is 735 g/mol. The molecule has 4 aliphatic rings. The first kappa shape index (κ1) is 35.0. The second kappa shape index (κ2) is 13.6. The molecule has 2 aliphatic carbocycles. The third-order valence-corrected chi connectivity index (χ3v) is 12.3. The molecule has 0 aromatic heterocycles. The highest BCUT2D eigenvalue weighted by Gasteiger charge is 2.70. The van der Waals surface area contributed by atoms with Crippen molar-refractivity contribution in [1.82, 2.24) is 0 Å². The smallest absolute Gasteiger partial charge is 0.246 e. The predicted molar refractivity (Wildman–Crippen MR) is 209 cm³/mol. The highest BCUT2D eigenvalue weighted by atomic mass is 35.5. The fourth-order valence-electron chi connectivity index (χ4n) is 9.53. The molecule has 1 saturated carbocycles. The molecule has 1 N–H and O–H groups in total. The van der Waals surface area contributed by atoms with Crippen molar-refractivity contribution in [2.45, 2.75) is 30.8 Å². The van der Waals surface area contributed by atoms with Crippen molar-refractivity contribution in [2.75, 3.05) is 9.80 Å². The number of hydrogen-bond donors (Lipinski definition) is 1. The number of benzene rings is 5. The van der Waals surface area contributed by atoms with E-state index in [9.17, 15) is 19.5 Å². The topological polar surface area (TPSA) is 104 Å². The number of aromatic hydroxyl groups is 1. The average molecular weight is 770 g/mol. The van der Waals surface area contributed by atoms with Crippen LogP contribution in [0.4, 0.5) is 11.4 Å². The molecule has 8 nitrogen and oxygen atoms in total. The Kier molecular flexibility index (Phi) is 8.63. The molecule has 2 aliphatic heterocycles. The lowest BCUT2D eigenvalue weighted by Gasteiger charge is -2.50. The number of nitrogens with zero attached hydrogens (tertiary/aromatic N) is 2. The van der Waals surface area contributed by atoms with Crippen molar-refractivity contribution in [1.29, 1.82) is 0 Å². The summed E-state index contributed by atoms with van der Waals surface area (Å²) >= 11 is 12.6. The Morgan fingerprint density at radius 2 is 1.42 bits per heavy atom. The van der Waals surface area contributed by atoms with Crippen molar-refractivity contribution in [3.63, 3.8) is 0 Å². The largest absolute Gasteiger partial charge is 0.508 e. The van der Waals surface area contributed by atoms with Gasteiger partial charge in [0.2, 0.25) is 23.6 Å². The van der Waals surface area contributed by atoms with Crippen LogP contribution in [0.15, 0.2) is 139 Å². The SMILES string of the molecule is O=C1[C@H]2[C@H](CC=C3[C@H]2C[C@H]2C(=O)N(c4cccc(Cl)c4)C(=O)[C@@]2(c2ccccc2)[C@H]3c2ccc(OCc3ccccc3)cc2O)C(=O)N1c1ccc(Cl)cc1. The molecule has 5 aromatic rings. The van der Waals surface area contributed by atoms with Crippen LogP contribution in [0, 0.1) is 23.7 Å². The van der Waals surface area contributed by atoms with Crippen LogP contribution in [0.1, 0.15) is 35.4 Å². The van der Waals surface area contributed by atoms with E-state index in [1.54, 1.807) is 60.7 Å². The number of imide groups is 2. The standard InChI is InChI=1S/C45H34Cl2N2O6/c46-28-14-16-30(17-15-28)48-41(51)35-21-20-33-36(39(35)43(48)53)24-37-42(52)49(31-13-7-12-29(47)22-31)44(54)45(37,27-10-5-2-6-11-27)40(33)34-19-18-32(23-38(34)50)55-25-26-8-3-1-4-9-26/h1-20,22-23,35-37,39-40,50H,21,24-25H2/t35-,36+,37-,39-,40+,45+/m0/s1. The van der Waals surface area contributed by atoms with Crippen LogP contribution in [0.5, 0.6) is 11.5 Å². The fourth-order valence-corrected chi connectivity index (χ4v) is 9.84. The van der Waals surface area contributed by atoms with Crippen molar-refractivity contribution in [2.24, 2.45) is 23.7 Å². The molecule has 3 fully saturated rings. The van der Waals surface area contributed by atoms with Crippen LogP contribution < -0.4 is 14.5 Å². The van der Waals surface area contributed by atoms with Gasteiger partial charge in [0.15, 0.2) is 0 Å². The molecule has 4 amide bonds. The maximum Gasteiger partial charge on any atom is 0.246 e. The molecular formula is C45H34Cl2N2O6. The summed E-state index contributed by atoms with van der Waals surface area (Å²) in [5, 5.41) is 12.8. The zero-order chi connectivity index (χ0) is 38.0. The Balaban J connectivity index is 1.22. The second-order valence-electron chi connectivity index (χ2n) is 14.6. The van der Waals surface area contributed by atoms with Gasteiger partial charge in [0.05, 0.1) is 34.5 Å². The summed E-state index contributed by atoms with van der Waals surface area (Å²) in [5.41, 5.74) is 1.93. The van der Waals surface area contributed by atoms with Crippen molar-refractivity contribution in [3.05, 3.63) is 166 Å². The Morgan fingerprint density at radius 1 is 0.691 bits per heavy atom. The second-order valence-corrected chi connectivity index (χ2v) is 15.4. The Bertz CT molecular complexity index is 2400. The van der Waals surface area contributed by atoms with Crippen molar-refractivity contribution in [3.8, 4) is 11.5 Å². The van der Waals surface area contributed by atoms with Gasteiger partial charge in [0, 0.05) is 27.6 Å². The van der Waals surface area contributed by atoms with Crippen LogP contribution >= 0.6 is 23.2 Å². The van der Waals surface area contributed by atoms with E-state index in [1.807, 2.05) is 66.7 Å². The Morgan fingerprint density at radius 3 is 2.13 bits per heavy atom. The van der Waals surface area contributed by atoms with Gasteiger partial charge in [0.1, 0.15) is 18.1 Å². The minimum Gasteiger partial charge on any atom is -0.508 e. The number of phenols is 1. The number of amides is 4. The maximum absolute atomic E-state index is 15.5. The zero-order valence-corrected chi connectivity index (χ0v) is 30.9. The molecule has 55 heavy (non-hydrogen) atoms. The monoisotopic (exact) mass is 768 g/mol. The first-order chi connectivity index (χ1) is 26.7. The third kappa shape index (κ3) is 5.49. The predicted octanol–water partition coefficient (Wildman–Crippen LogP) is 8.65. The summed E-state index contributed by atoms with van der Waals surface area (Å²) in [4.78, 5) is 61.5. The number of carbonyl (C=O) groups is 4. The minimum absolute atomic E-state index is 0.119. The number of rotatable bonds is 7. The van der Waals surface area contributed by atoms with Crippen LogP contribution in [0.25, 0.3) is 0 Å². The summed E-state index contributed by atoms with van der Waals surface area (Å²) < 4.78 is 6.07.